The Balaban J connectivity index is 2.35. The molecule has 6 heteroatoms. The maximum atomic E-state index is 12.6. The molecule has 0 heterocycles. The SMILES string of the molecule is Cc1ccc(S(=O)(=O)SC2(N)C=C(C(C)C)C=CC2N)cc1. The van der Waals surface area contributed by atoms with E-state index in [0.717, 1.165) is 11.1 Å². The fraction of sp³-hybridized carbons (Fsp3) is 0.375. The number of rotatable bonds is 4. The van der Waals surface area contributed by atoms with Crippen molar-refractivity contribution >= 4 is 19.7 Å². The largest absolute Gasteiger partial charge is 0.322 e. The van der Waals surface area contributed by atoms with Crippen molar-refractivity contribution in [2.45, 2.75) is 36.6 Å². The molecular formula is C16H22N2O2S2. The van der Waals surface area contributed by atoms with Gasteiger partial charge in [0.15, 0.2) is 0 Å². The molecule has 4 N–H and O–H groups in total. The quantitative estimate of drug-likeness (QED) is 0.651. The van der Waals surface area contributed by atoms with E-state index in [0.29, 0.717) is 10.8 Å². The van der Waals surface area contributed by atoms with Crippen LogP contribution >= 0.6 is 10.8 Å². The second-order valence-corrected chi connectivity index (χ2v) is 9.96. The molecule has 2 atom stereocenters. The Kier molecular flexibility index (Phi) is 4.87. The molecule has 0 radical (unpaired) electrons. The summed E-state index contributed by atoms with van der Waals surface area (Å²) >= 11 is 0. The van der Waals surface area contributed by atoms with E-state index >= 15 is 0 Å². The van der Waals surface area contributed by atoms with Crippen molar-refractivity contribution in [3.63, 3.8) is 0 Å². The smallest absolute Gasteiger partial charge is 0.232 e. The molecule has 0 amide bonds. The van der Waals surface area contributed by atoms with Crippen molar-refractivity contribution in [1.82, 2.24) is 0 Å². The Morgan fingerprint density at radius 2 is 1.82 bits per heavy atom. The predicted molar refractivity (Wildman–Crippen MR) is 92.9 cm³/mol. The van der Waals surface area contributed by atoms with E-state index in [9.17, 15) is 8.42 Å². The van der Waals surface area contributed by atoms with E-state index in [2.05, 4.69) is 0 Å². The van der Waals surface area contributed by atoms with Gasteiger partial charge in [-0.3, -0.25) is 0 Å². The van der Waals surface area contributed by atoms with Gasteiger partial charge >= 0.3 is 0 Å². The average Bonchev–Trinajstić information content (AvgIpc) is 2.41. The van der Waals surface area contributed by atoms with Gasteiger partial charge in [0.1, 0.15) is 4.87 Å². The van der Waals surface area contributed by atoms with E-state index in [1.807, 2.05) is 26.8 Å². The molecule has 1 aromatic rings. The highest BCUT2D eigenvalue weighted by molar-refractivity contribution is 8.72. The molecule has 4 nitrogen and oxygen atoms in total. The third kappa shape index (κ3) is 3.63. The molecule has 2 rings (SSSR count). The zero-order valence-corrected chi connectivity index (χ0v) is 14.6. The van der Waals surface area contributed by atoms with Gasteiger partial charge in [-0.2, -0.15) is 0 Å². The Bertz CT molecular complexity index is 706. The summed E-state index contributed by atoms with van der Waals surface area (Å²) in [5.74, 6) is 0.259. The summed E-state index contributed by atoms with van der Waals surface area (Å²) in [7, 11) is -2.87. The summed E-state index contributed by atoms with van der Waals surface area (Å²) in [5, 5.41) is 0. The minimum atomic E-state index is -3.58. The van der Waals surface area contributed by atoms with Crippen molar-refractivity contribution in [2.75, 3.05) is 0 Å². The van der Waals surface area contributed by atoms with Crippen LogP contribution in [-0.2, 0) is 8.87 Å². The lowest BCUT2D eigenvalue weighted by atomic mass is 9.92. The van der Waals surface area contributed by atoms with Gasteiger partial charge in [-0.05, 0) is 36.6 Å². The average molecular weight is 338 g/mol. The molecule has 0 aromatic heterocycles. The van der Waals surface area contributed by atoms with Crippen molar-refractivity contribution in [3.05, 3.63) is 53.6 Å². The van der Waals surface area contributed by atoms with E-state index in [1.165, 1.54) is 0 Å². The highest BCUT2D eigenvalue weighted by Crippen LogP contribution is 2.38. The van der Waals surface area contributed by atoms with Crippen molar-refractivity contribution in [1.29, 1.82) is 0 Å². The molecule has 0 spiro atoms. The number of hydrogen-bond donors (Lipinski definition) is 2. The fourth-order valence-corrected chi connectivity index (χ4v) is 5.71. The van der Waals surface area contributed by atoms with Gasteiger partial charge in [-0.1, -0.05) is 43.7 Å². The molecule has 1 aliphatic rings. The van der Waals surface area contributed by atoms with Crippen LogP contribution in [-0.4, -0.2) is 19.3 Å². The summed E-state index contributed by atoms with van der Waals surface area (Å²) in [6, 6.07) is 6.18. The van der Waals surface area contributed by atoms with Gasteiger partial charge in [0, 0.05) is 10.8 Å². The maximum absolute atomic E-state index is 12.6. The fourth-order valence-electron chi connectivity index (χ4n) is 2.15. The number of benzene rings is 1. The number of allylic oxidation sites excluding steroid dienone is 2. The number of hydrogen-bond acceptors (Lipinski definition) is 5. The molecule has 0 saturated heterocycles. The third-order valence-corrected chi connectivity index (χ3v) is 7.49. The molecule has 1 aliphatic carbocycles. The molecule has 0 saturated carbocycles. The molecule has 2 unspecified atom stereocenters. The van der Waals surface area contributed by atoms with Crippen LogP contribution < -0.4 is 11.5 Å². The van der Waals surface area contributed by atoms with Crippen LogP contribution in [0.4, 0.5) is 0 Å². The lowest BCUT2D eigenvalue weighted by Gasteiger charge is -2.33. The van der Waals surface area contributed by atoms with Gasteiger partial charge in [0.25, 0.3) is 0 Å². The molecule has 0 aliphatic heterocycles. The van der Waals surface area contributed by atoms with Crippen LogP contribution in [0.3, 0.4) is 0 Å². The highest BCUT2D eigenvalue weighted by atomic mass is 33.1. The van der Waals surface area contributed by atoms with E-state index in [4.69, 9.17) is 11.5 Å². The van der Waals surface area contributed by atoms with Gasteiger partial charge < -0.3 is 11.5 Å². The summed E-state index contributed by atoms with van der Waals surface area (Å²) in [4.78, 5) is -0.924. The minimum absolute atomic E-state index is 0.245. The maximum Gasteiger partial charge on any atom is 0.232 e. The van der Waals surface area contributed by atoms with E-state index in [-0.39, 0.29) is 10.8 Å². The first kappa shape index (κ1) is 17.3. The van der Waals surface area contributed by atoms with Crippen LogP contribution in [0.1, 0.15) is 19.4 Å². The summed E-state index contributed by atoms with van der Waals surface area (Å²) in [6.07, 6.45) is 5.46. The Labute approximate surface area is 136 Å². The monoisotopic (exact) mass is 338 g/mol. The lowest BCUT2D eigenvalue weighted by molar-refractivity contribution is 0.604. The Morgan fingerprint density at radius 1 is 1.23 bits per heavy atom. The zero-order chi connectivity index (χ0) is 16.5. The summed E-state index contributed by atoms with van der Waals surface area (Å²) < 4.78 is 25.2. The lowest BCUT2D eigenvalue weighted by Crippen LogP contribution is -2.52. The molecule has 0 fully saturated rings. The molecule has 22 heavy (non-hydrogen) atoms. The van der Waals surface area contributed by atoms with Crippen LogP contribution in [0, 0.1) is 12.8 Å². The van der Waals surface area contributed by atoms with Crippen LogP contribution in [0.25, 0.3) is 0 Å². The zero-order valence-electron chi connectivity index (χ0n) is 13.0. The third-order valence-electron chi connectivity index (χ3n) is 3.64. The van der Waals surface area contributed by atoms with Crippen molar-refractivity contribution < 1.29 is 8.42 Å². The van der Waals surface area contributed by atoms with Crippen LogP contribution in [0.5, 0.6) is 0 Å². The molecule has 1 aromatic carbocycles. The predicted octanol–water partition coefficient (Wildman–Crippen LogP) is 2.55. The van der Waals surface area contributed by atoms with Crippen LogP contribution in [0.15, 0.2) is 53.0 Å². The molecule has 0 bridgehead atoms. The standard InChI is InChI=1S/C16H22N2O2S2/c1-11(2)13-6-9-15(17)16(18,10-13)21-22(19,20)14-7-4-12(3)5-8-14/h4-11,15H,17-18H2,1-3H3. The second kappa shape index (κ2) is 6.20. The van der Waals surface area contributed by atoms with Gasteiger partial charge in [0.05, 0.1) is 10.9 Å². The molecule has 120 valence electrons. The topological polar surface area (TPSA) is 86.2 Å². The van der Waals surface area contributed by atoms with Gasteiger partial charge in [-0.25, -0.2) is 8.42 Å². The Hall–Kier alpha value is -1.08. The first-order valence-corrected chi connectivity index (χ1v) is 9.93. The highest BCUT2D eigenvalue weighted by Gasteiger charge is 2.38. The van der Waals surface area contributed by atoms with E-state index in [1.54, 1.807) is 36.4 Å². The summed E-state index contributed by atoms with van der Waals surface area (Å²) in [6.45, 7) is 5.98. The number of aryl methyl sites for hydroxylation is 1. The van der Waals surface area contributed by atoms with Gasteiger partial charge in [0.2, 0.25) is 8.87 Å². The summed E-state index contributed by atoms with van der Waals surface area (Å²) in [5.41, 5.74) is 14.4. The van der Waals surface area contributed by atoms with Crippen molar-refractivity contribution in [3.8, 4) is 0 Å². The first-order chi connectivity index (χ1) is 10.1. The minimum Gasteiger partial charge on any atom is -0.322 e. The normalized spacial score (nSPS) is 25.4. The number of nitrogens with two attached hydrogens (primary N) is 2. The van der Waals surface area contributed by atoms with Crippen molar-refractivity contribution in [2.24, 2.45) is 17.4 Å². The second-order valence-electron chi connectivity index (χ2n) is 5.89. The van der Waals surface area contributed by atoms with Gasteiger partial charge in [-0.15, -0.1) is 0 Å². The molecular weight excluding hydrogens is 316 g/mol. The Morgan fingerprint density at radius 3 is 2.36 bits per heavy atom. The van der Waals surface area contributed by atoms with E-state index < -0.39 is 19.8 Å². The van der Waals surface area contributed by atoms with Crippen LogP contribution in [0.2, 0.25) is 0 Å². The first-order valence-electron chi connectivity index (χ1n) is 7.12.